The van der Waals surface area contributed by atoms with Crippen LogP contribution in [0, 0.1) is 5.82 Å². The number of benzene rings is 1. The Hall–Kier alpha value is -1.42. The Morgan fingerprint density at radius 3 is 2.67 bits per heavy atom. The van der Waals surface area contributed by atoms with Crippen LogP contribution in [0.2, 0.25) is 0 Å². The molecule has 0 bridgehead atoms. The van der Waals surface area contributed by atoms with Crippen molar-refractivity contribution < 1.29 is 4.39 Å². The molecule has 21 heavy (non-hydrogen) atoms. The first kappa shape index (κ1) is 14.5. The standard InChI is InChI=1S/C17H24FN3/c1-4-17(7-9-19-10-8-17)16-20-14-11-13(18)5-6-15(14)21(16)12(2)3/h5-6,11-12,19H,4,7-10H2,1-3H3. The summed E-state index contributed by atoms with van der Waals surface area (Å²) in [4.78, 5) is 4.86. The van der Waals surface area contributed by atoms with Crippen molar-refractivity contribution in [3.63, 3.8) is 0 Å². The predicted molar refractivity (Wildman–Crippen MR) is 84.1 cm³/mol. The number of rotatable bonds is 3. The molecule has 1 N–H and O–H groups in total. The number of halogens is 1. The monoisotopic (exact) mass is 289 g/mol. The molecule has 1 aromatic carbocycles. The Morgan fingerprint density at radius 1 is 1.33 bits per heavy atom. The maximum atomic E-state index is 13.5. The van der Waals surface area contributed by atoms with E-state index in [2.05, 4.69) is 30.7 Å². The summed E-state index contributed by atoms with van der Waals surface area (Å²) in [5.74, 6) is 0.931. The largest absolute Gasteiger partial charge is 0.325 e. The number of nitrogens with zero attached hydrogens (tertiary/aromatic N) is 2. The van der Waals surface area contributed by atoms with Gasteiger partial charge in [0.25, 0.3) is 0 Å². The second-order valence-corrected chi connectivity index (χ2v) is 6.42. The Balaban J connectivity index is 2.22. The fourth-order valence-electron chi connectivity index (χ4n) is 3.61. The van der Waals surface area contributed by atoms with Gasteiger partial charge in [-0.1, -0.05) is 6.92 Å². The highest BCUT2D eigenvalue weighted by Gasteiger charge is 2.37. The van der Waals surface area contributed by atoms with E-state index in [4.69, 9.17) is 4.98 Å². The minimum Gasteiger partial charge on any atom is -0.325 e. The van der Waals surface area contributed by atoms with Gasteiger partial charge in [0.15, 0.2) is 0 Å². The van der Waals surface area contributed by atoms with Crippen molar-refractivity contribution in [2.45, 2.75) is 51.5 Å². The minimum atomic E-state index is -0.210. The molecule has 1 aliphatic rings. The lowest BCUT2D eigenvalue weighted by molar-refractivity contribution is 0.271. The van der Waals surface area contributed by atoms with Gasteiger partial charge >= 0.3 is 0 Å². The molecule has 4 heteroatoms. The van der Waals surface area contributed by atoms with Crippen LogP contribution in [0.1, 0.15) is 51.9 Å². The summed E-state index contributed by atoms with van der Waals surface area (Å²) in [5, 5.41) is 3.44. The van der Waals surface area contributed by atoms with Gasteiger partial charge in [-0.2, -0.15) is 0 Å². The highest BCUT2D eigenvalue weighted by molar-refractivity contribution is 5.76. The van der Waals surface area contributed by atoms with E-state index in [0.717, 1.165) is 49.2 Å². The van der Waals surface area contributed by atoms with Crippen LogP contribution in [0.15, 0.2) is 18.2 Å². The van der Waals surface area contributed by atoms with Crippen molar-refractivity contribution in [1.29, 1.82) is 0 Å². The summed E-state index contributed by atoms with van der Waals surface area (Å²) in [6.07, 6.45) is 3.28. The number of aromatic nitrogens is 2. The number of fused-ring (bicyclic) bond motifs is 1. The quantitative estimate of drug-likeness (QED) is 0.931. The fraction of sp³-hybridized carbons (Fsp3) is 0.588. The summed E-state index contributed by atoms with van der Waals surface area (Å²) in [5.41, 5.74) is 1.95. The highest BCUT2D eigenvalue weighted by atomic mass is 19.1. The van der Waals surface area contributed by atoms with Gasteiger partial charge in [0.2, 0.25) is 0 Å². The first-order chi connectivity index (χ1) is 10.1. The molecule has 0 atom stereocenters. The third-order valence-corrected chi connectivity index (χ3v) is 4.88. The molecule has 0 aliphatic carbocycles. The molecule has 0 saturated carbocycles. The van der Waals surface area contributed by atoms with Crippen molar-refractivity contribution in [1.82, 2.24) is 14.9 Å². The van der Waals surface area contributed by atoms with Gasteiger partial charge < -0.3 is 9.88 Å². The minimum absolute atomic E-state index is 0.116. The zero-order valence-corrected chi connectivity index (χ0v) is 13.1. The first-order valence-electron chi connectivity index (χ1n) is 7.96. The van der Waals surface area contributed by atoms with E-state index >= 15 is 0 Å². The van der Waals surface area contributed by atoms with Gasteiger partial charge in [-0.15, -0.1) is 0 Å². The zero-order valence-electron chi connectivity index (χ0n) is 13.1. The van der Waals surface area contributed by atoms with Crippen molar-refractivity contribution in [3.05, 3.63) is 29.8 Å². The summed E-state index contributed by atoms with van der Waals surface area (Å²) in [6.45, 7) is 8.67. The van der Waals surface area contributed by atoms with E-state index in [0.29, 0.717) is 6.04 Å². The summed E-state index contributed by atoms with van der Waals surface area (Å²) >= 11 is 0. The second kappa shape index (κ2) is 5.41. The molecule has 0 radical (unpaired) electrons. The van der Waals surface area contributed by atoms with E-state index in [-0.39, 0.29) is 11.2 Å². The van der Waals surface area contributed by atoms with Gasteiger partial charge in [0.1, 0.15) is 11.6 Å². The van der Waals surface area contributed by atoms with Gasteiger partial charge in [-0.3, -0.25) is 0 Å². The molecule has 0 spiro atoms. The van der Waals surface area contributed by atoms with Crippen LogP contribution in [0.4, 0.5) is 4.39 Å². The maximum absolute atomic E-state index is 13.5. The summed E-state index contributed by atoms with van der Waals surface area (Å²) in [7, 11) is 0. The van der Waals surface area contributed by atoms with Crippen LogP contribution >= 0.6 is 0 Å². The molecule has 1 aromatic heterocycles. The predicted octanol–water partition coefficient (Wildman–Crippen LogP) is 3.79. The van der Waals surface area contributed by atoms with Crippen molar-refractivity contribution in [2.75, 3.05) is 13.1 Å². The van der Waals surface area contributed by atoms with Crippen LogP contribution in [-0.4, -0.2) is 22.6 Å². The third kappa shape index (κ3) is 2.35. The van der Waals surface area contributed by atoms with Gasteiger partial charge in [-0.05, 0) is 58.3 Å². The van der Waals surface area contributed by atoms with Crippen LogP contribution in [0.25, 0.3) is 11.0 Å². The fourth-order valence-corrected chi connectivity index (χ4v) is 3.61. The van der Waals surface area contributed by atoms with Crippen molar-refractivity contribution in [2.24, 2.45) is 0 Å². The van der Waals surface area contributed by atoms with Gasteiger partial charge in [0.05, 0.1) is 11.0 Å². The lowest BCUT2D eigenvalue weighted by Gasteiger charge is -2.37. The lowest BCUT2D eigenvalue weighted by Crippen LogP contribution is -2.41. The summed E-state index contributed by atoms with van der Waals surface area (Å²) < 4.78 is 15.8. The SMILES string of the molecule is CCC1(c2nc3cc(F)ccc3n2C(C)C)CCNCC1. The summed E-state index contributed by atoms with van der Waals surface area (Å²) in [6, 6.07) is 5.29. The molecule has 1 fully saturated rings. The molecule has 3 rings (SSSR count). The van der Waals surface area contributed by atoms with Crippen molar-refractivity contribution in [3.8, 4) is 0 Å². The van der Waals surface area contributed by atoms with E-state index in [1.165, 1.54) is 6.07 Å². The molecule has 114 valence electrons. The van der Waals surface area contributed by atoms with Crippen molar-refractivity contribution >= 4 is 11.0 Å². The smallest absolute Gasteiger partial charge is 0.125 e. The molecule has 1 aliphatic heterocycles. The van der Waals surface area contributed by atoms with E-state index in [9.17, 15) is 4.39 Å². The molecule has 0 unspecified atom stereocenters. The number of piperidine rings is 1. The molecule has 2 aromatic rings. The number of imidazole rings is 1. The van der Waals surface area contributed by atoms with Gasteiger partial charge in [0, 0.05) is 17.5 Å². The van der Waals surface area contributed by atoms with E-state index in [1.54, 1.807) is 6.07 Å². The lowest BCUT2D eigenvalue weighted by atomic mass is 9.75. The zero-order chi connectivity index (χ0) is 15.0. The van der Waals surface area contributed by atoms with Crippen LogP contribution in [0.5, 0.6) is 0 Å². The Morgan fingerprint density at radius 2 is 2.05 bits per heavy atom. The molecular weight excluding hydrogens is 265 g/mol. The number of hydrogen-bond donors (Lipinski definition) is 1. The molecule has 2 heterocycles. The van der Waals surface area contributed by atoms with Gasteiger partial charge in [-0.25, -0.2) is 9.37 Å². The number of nitrogens with one attached hydrogen (secondary N) is 1. The Kier molecular flexibility index (Phi) is 3.74. The maximum Gasteiger partial charge on any atom is 0.125 e. The topological polar surface area (TPSA) is 29.9 Å². The van der Waals surface area contributed by atoms with E-state index < -0.39 is 0 Å². The molecule has 0 amide bonds. The normalized spacial score (nSPS) is 18.5. The van der Waals surface area contributed by atoms with Crippen LogP contribution in [0.3, 0.4) is 0 Å². The Labute approximate surface area is 125 Å². The Bertz CT molecular complexity index is 639. The molecule has 3 nitrogen and oxygen atoms in total. The van der Waals surface area contributed by atoms with Crippen LogP contribution < -0.4 is 5.32 Å². The third-order valence-electron chi connectivity index (χ3n) is 4.88. The number of hydrogen-bond acceptors (Lipinski definition) is 2. The molecular formula is C17H24FN3. The van der Waals surface area contributed by atoms with Crippen LogP contribution in [-0.2, 0) is 5.41 Å². The average molecular weight is 289 g/mol. The average Bonchev–Trinajstić information content (AvgIpc) is 2.87. The highest BCUT2D eigenvalue weighted by Crippen LogP contribution is 2.39. The first-order valence-corrected chi connectivity index (χ1v) is 7.96. The van der Waals surface area contributed by atoms with E-state index in [1.807, 2.05) is 6.07 Å². The molecule has 1 saturated heterocycles. The second-order valence-electron chi connectivity index (χ2n) is 6.42.